The van der Waals surface area contributed by atoms with E-state index in [4.69, 9.17) is 19.6 Å². The van der Waals surface area contributed by atoms with Gasteiger partial charge in [0.2, 0.25) is 0 Å². The average Bonchev–Trinajstić information content (AvgIpc) is 3.02. The Morgan fingerprint density at radius 3 is 2.57 bits per heavy atom. The fourth-order valence-corrected chi connectivity index (χ4v) is 2.96. The number of benzene rings is 2. The molecule has 3 rings (SSSR count). The Hall–Kier alpha value is -2.42. The van der Waals surface area contributed by atoms with Crippen molar-refractivity contribution in [3.8, 4) is 11.5 Å². The van der Waals surface area contributed by atoms with E-state index in [9.17, 15) is 0 Å². The summed E-state index contributed by atoms with van der Waals surface area (Å²) in [6.45, 7) is 3.12. The van der Waals surface area contributed by atoms with Crippen molar-refractivity contribution in [3.05, 3.63) is 59.4 Å². The first-order chi connectivity index (χ1) is 13.1. The Kier molecular flexibility index (Phi) is 7.98. The van der Waals surface area contributed by atoms with Gasteiger partial charge in [0, 0.05) is 17.5 Å². The van der Waals surface area contributed by atoms with Gasteiger partial charge in [-0.2, -0.15) is 0 Å². The maximum atomic E-state index is 5.98. The van der Waals surface area contributed by atoms with Gasteiger partial charge in [-0.1, -0.05) is 24.3 Å². The Morgan fingerprint density at radius 1 is 1.11 bits per heavy atom. The van der Waals surface area contributed by atoms with Gasteiger partial charge in [-0.3, -0.25) is 0 Å². The first-order valence-corrected chi connectivity index (χ1v) is 8.84. The molecule has 3 aromatic rings. The van der Waals surface area contributed by atoms with Crippen LogP contribution in [0.2, 0.25) is 0 Å². The molecule has 1 heterocycles. The van der Waals surface area contributed by atoms with Crippen LogP contribution in [0.5, 0.6) is 11.5 Å². The van der Waals surface area contributed by atoms with Crippen LogP contribution >= 0.6 is 24.0 Å². The second-order valence-corrected chi connectivity index (χ2v) is 6.21. The van der Waals surface area contributed by atoms with Crippen molar-refractivity contribution >= 4 is 40.9 Å². The minimum Gasteiger partial charge on any atom is -0.493 e. The molecule has 150 valence electrons. The first kappa shape index (κ1) is 21.9. The largest absolute Gasteiger partial charge is 0.493 e. The summed E-state index contributed by atoms with van der Waals surface area (Å²) in [5.74, 6) is 2.67. The molecule has 0 spiro atoms. The van der Waals surface area contributed by atoms with Crippen LogP contribution in [-0.2, 0) is 13.0 Å². The number of nitrogens with two attached hydrogens (primary N) is 1. The molecule has 0 atom stereocenters. The number of hydrogen-bond acceptors (Lipinski definition) is 4. The quantitative estimate of drug-likeness (QED) is 0.294. The molecule has 3 N–H and O–H groups in total. The van der Waals surface area contributed by atoms with Gasteiger partial charge in [-0.05, 0) is 37.1 Å². The third-order valence-electron chi connectivity index (χ3n) is 4.50. The highest BCUT2D eigenvalue weighted by atomic mass is 127. The monoisotopic (exact) mass is 495 g/mol. The predicted molar refractivity (Wildman–Crippen MR) is 123 cm³/mol. The van der Waals surface area contributed by atoms with Crippen LogP contribution in [0.4, 0.5) is 0 Å². The van der Waals surface area contributed by atoms with E-state index >= 15 is 0 Å². The van der Waals surface area contributed by atoms with E-state index in [0.717, 1.165) is 45.8 Å². The molecular weight excluding hydrogens is 469 g/mol. The molecule has 0 amide bonds. The molecule has 2 aromatic carbocycles. The summed E-state index contributed by atoms with van der Waals surface area (Å²) in [5.41, 5.74) is 9.09. The number of rotatable bonds is 7. The predicted octanol–water partition coefficient (Wildman–Crippen LogP) is 4.02. The Bertz CT molecular complexity index is 953. The minimum atomic E-state index is 0. The van der Waals surface area contributed by atoms with Gasteiger partial charge in [-0.15, -0.1) is 24.0 Å². The number of nitrogens with one attached hydrogen (secondary N) is 1. The highest BCUT2D eigenvalue weighted by molar-refractivity contribution is 14.0. The molecule has 0 aliphatic heterocycles. The van der Waals surface area contributed by atoms with Crippen molar-refractivity contribution in [2.24, 2.45) is 10.7 Å². The Labute approximate surface area is 182 Å². The van der Waals surface area contributed by atoms with E-state index in [0.29, 0.717) is 19.0 Å². The Balaban J connectivity index is 0.00000280. The number of fused-ring (bicyclic) bond motifs is 1. The van der Waals surface area contributed by atoms with Crippen LogP contribution in [0.15, 0.2) is 51.9 Å². The third kappa shape index (κ3) is 5.09. The summed E-state index contributed by atoms with van der Waals surface area (Å²) < 4.78 is 16.4. The molecule has 7 heteroatoms. The zero-order chi connectivity index (χ0) is 19.2. The highest BCUT2D eigenvalue weighted by Crippen LogP contribution is 2.27. The van der Waals surface area contributed by atoms with E-state index in [1.54, 1.807) is 14.2 Å². The molecule has 0 saturated heterocycles. The molecule has 0 aliphatic carbocycles. The molecule has 28 heavy (non-hydrogen) atoms. The smallest absolute Gasteiger partial charge is 0.189 e. The van der Waals surface area contributed by atoms with Gasteiger partial charge < -0.3 is 24.9 Å². The number of ether oxygens (including phenoxy) is 2. The Morgan fingerprint density at radius 2 is 1.86 bits per heavy atom. The molecule has 0 bridgehead atoms. The summed E-state index contributed by atoms with van der Waals surface area (Å²) in [7, 11) is 3.25. The van der Waals surface area contributed by atoms with Crippen LogP contribution in [-0.4, -0.2) is 26.7 Å². The number of aryl methyl sites for hydroxylation is 1. The lowest BCUT2D eigenvalue weighted by molar-refractivity contribution is 0.354. The summed E-state index contributed by atoms with van der Waals surface area (Å²) in [5, 5.41) is 4.25. The van der Waals surface area contributed by atoms with Crippen molar-refractivity contribution < 1.29 is 13.9 Å². The fourth-order valence-electron chi connectivity index (χ4n) is 2.96. The standard InChI is InChI=1S/C21H25N3O3.HI/c1-14-16-6-4-5-7-17(16)27-20(14)13-24-21(22)23-11-10-15-8-9-18(25-2)19(12-15)26-3;/h4-9,12H,10-11,13H2,1-3H3,(H3,22,23,24);1H. The number of furan rings is 1. The summed E-state index contributed by atoms with van der Waals surface area (Å²) in [6, 6.07) is 13.8. The number of nitrogens with zero attached hydrogens (tertiary/aromatic N) is 1. The zero-order valence-corrected chi connectivity index (χ0v) is 18.7. The summed E-state index contributed by atoms with van der Waals surface area (Å²) >= 11 is 0. The van der Waals surface area contributed by atoms with E-state index in [-0.39, 0.29) is 24.0 Å². The second-order valence-electron chi connectivity index (χ2n) is 6.21. The van der Waals surface area contributed by atoms with Crippen molar-refractivity contribution in [3.63, 3.8) is 0 Å². The van der Waals surface area contributed by atoms with Crippen molar-refractivity contribution in [1.29, 1.82) is 0 Å². The second kappa shape index (κ2) is 10.2. The number of halogens is 1. The van der Waals surface area contributed by atoms with Gasteiger partial charge in [0.15, 0.2) is 17.5 Å². The fraction of sp³-hybridized carbons (Fsp3) is 0.286. The van der Waals surface area contributed by atoms with Crippen molar-refractivity contribution in [2.75, 3.05) is 20.8 Å². The number of para-hydroxylation sites is 1. The van der Waals surface area contributed by atoms with E-state index in [1.807, 2.05) is 49.4 Å². The number of aliphatic imine (C=N–C) groups is 1. The van der Waals surface area contributed by atoms with E-state index in [2.05, 4.69) is 10.3 Å². The van der Waals surface area contributed by atoms with Crippen LogP contribution in [0.25, 0.3) is 11.0 Å². The molecule has 1 aromatic heterocycles. The third-order valence-corrected chi connectivity index (χ3v) is 4.50. The lowest BCUT2D eigenvalue weighted by atomic mass is 10.1. The van der Waals surface area contributed by atoms with Gasteiger partial charge in [0.05, 0.1) is 14.2 Å². The molecular formula is C21H26IN3O3. The van der Waals surface area contributed by atoms with E-state index < -0.39 is 0 Å². The molecule has 6 nitrogen and oxygen atoms in total. The van der Waals surface area contributed by atoms with Crippen molar-refractivity contribution in [1.82, 2.24) is 5.32 Å². The van der Waals surface area contributed by atoms with Crippen LogP contribution in [0.1, 0.15) is 16.9 Å². The number of hydrogen-bond donors (Lipinski definition) is 2. The first-order valence-electron chi connectivity index (χ1n) is 8.84. The molecule has 0 aliphatic rings. The number of methoxy groups -OCH3 is 2. The van der Waals surface area contributed by atoms with Gasteiger partial charge >= 0.3 is 0 Å². The van der Waals surface area contributed by atoms with Crippen LogP contribution in [0.3, 0.4) is 0 Å². The summed E-state index contributed by atoms with van der Waals surface area (Å²) in [4.78, 5) is 4.39. The van der Waals surface area contributed by atoms with Gasteiger partial charge in [-0.25, -0.2) is 4.99 Å². The summed E-state index contributed by atoms with van der Waals surface area (Å²) in [6.07, 6.45) is 0.792. The molecule has 0 radical (unpaired) electrons. The highest BCUT2D eigenvalue weighted by Gasteiger charge is 2.09. The van der Waals surface area contributed by atoms with Gasteiger partial charge in [0.25, 0.3) is 0 Å². The number of guanidine groups is 1. The SMILES string of the molecule is COc1ccc(CCNC(N)=NCc2oc3ccccc3c2C)cc1OC.I. The topological polar surface area (TPSA) is 82.0 Å². The minimum absolute atomic E-state index is 0. The lowest BCUT2D eigenvalue weighted by Gasteiger charge is -2.10. The van der Waals surface area contributed by atoms with Crippen molar-refractivity contribution in [2.45, 2.75) is 19.9 Å². The maximum Gasteiger partial charge on any atom is 0.189 e. The molecule has 0 saturated carbocycles. The maximum absolute atomic E-state index is 5.98. The molecule has 0 fully saturated rings. The normalized spacial score (nSPS) is 11.2. The van der Waals surface area contributed by atoms with Crippen LogP contribution < -0.4 is 20.5 Å². The molecule has 0 unspecified atom stereocenters. The van der Waals surface area contributed by atoms with E-state index in [1.165, 1.54) is 0 Å². The van der Waals surface area contributed by atoms with Gasteiger partial charge in [0.1, 0.15) is 17.9 Å². The lowest BCUT2D eigenvalue weighted by Crippen LogP contribution is -2.33. The van der Waals surface area contributed by atoms with Crippen LogP contribution in [0, 0.1) is 6.92 Å². The zero-order valence-electron chi connectivity index (χ0n) is 16.3. The average molecular weight is 495 g/mol.